The summed E-state index contributed by atoms with van der Waals surface area (Å²) in [5, 5.41) is 4.19. The average molecular weight is 315 g/mol. The molecule has 0 spiro atoms. The number of aromatic nitrogens is 1. The Kier molecular flexibility index (Phi) is 4.68. The molecule has 3 rings (SSSR count). The van der Waals surface area contributed by atoms with Gasteiger partial charge < -0.3 is 19.9 Å². The number of para-hydroxylation sites is 1. The van der Waals surface area contributed by atoms with Gasteiger partial charge >= 0.3 is 0 Å². The van der Waals surface area contributed by atoms with Crippen LogP contribution in [0.2, 0.25) is 0 Å². The van der Waals surface area contributed by atoms with Gasteiger partial charge in [0.15, 0.2) is 0 Å². The molecule has 2 aromatic rings. The molecule has 1 saturated heterocycles. The van der Waals surface area contributed by atoms with Gasteiger partial charge in [0.2, 0.25) is 0 Å². The van der Waals surface area contributed by atoms with Gasteiger partial charge in [0.1, 0.15) is 5.69 Å². The molecule has 0 aliphatic carbocycles. The number of carbonyl (C=O) groups is 1. The fourth-order valence-electron chi connectivity index (χ4n) is 3.42. The van der Waals surface area contributed by atoms with Crippen molar-refractivity contribution in [1.29, 1.82) is 0 Å². The van der Waals surface area contributed by atoms with Crippen LogP contribution in [0.5, 0.6) is 0 Å². The van der Waals surface area contributed by atoms with Gasteiger partial charge in [-0.1, -0.05) is 18.2 Å². The number of hydrogen-bond donors (Lipinski definition) is 2. The first-order valence-corrected chi connectivity index (χ1v) is 8.16. The number of aromatic amines is 1. The first kappa shape index (κ1) is 16.0. The molecular formula is C18H25N3O2. The zero-order valence-corrected chi connectivity index (χ0v) is 13.9. The molecule has 23 heavy (non-hydrogen) atoms. The van der Waals surface area contributed by atoms with Crippen molar-refractivity contribution in [2.45, 2.75) is 12.8 Å². The molecule has 1 aromatic carbocycles. The molecule has 2 N–H and O–H groups in total. The smallest absolute Gasteiger partial charge is 0.267 e. The van der Waals surface area contributed by atoms with Crippen LogP contribution in [0, 0.1) is 5.41 Å². The maximum Gasteiger partial charge on any atom is 0.267 e. The maximum atomic E-state index is 12.5. The van der Waals surface area contributed by atoms with E-state index >= 15 is 0 Å². The second kappa shape index (κ2) is 6.72. The van der Waals surface area contributed by atoms with Gasteiger partial charge in [-0.05, 0) is 39.1 Å². The predicted octanol–water partition coefficient (Wildman–Crippen LogP) is 2.26. The second-order valence-electron chi connectivity index (χ2n) is 6.80. The van der Waals surface area contributed by atoms with Gasteiger partial charge in [-0.2, -0.15) is 0 Å². The minimum absolute atomic E-state index is 0.0363. The molecule has 5 nitrogen and oxygen atoms in total. The van der Waals surface area contributed by atoms with E-state index in [0.29, 0.717) is 12.2 Å². The number of ether oxygens (including phenoxy) is 1. The number of nitrogens with zero attached hydrogens (tertiary/aromatic N) is 1. The van der Waals surface area contributed by atoms with E-state index in [2.05, 4.69) is 29.3 Å². The van der Waals surface area contributed by atoms with Crippen LogP contribution in [0.15, 0.2) is 30.3 Å². The number of nitrogens with one attached hydrogen (secondary N) is 2. The molecule has 1 aromatic heterocycles. The standard InChI is InChI=1S/C18H25N3O2/c1-21(2)13-18(7-9-23-10-8-18)12-19-17(22)16-11-14-5-3-4-6-15(14)20-16/h3-6,11,20H,7-10,12-13H2,1-2H3,(H,19,22). The monoisotopic (exact) mass is 315 g/mol. The van der Waals surface area contributed by atoms with Crippen molar-refractivity contribution in [1.82, 2.24) is 15.2 Å². The third-order valence-electron chi connectivity index (χ3n) is 4.60. The number of carbonyl (C=O) groups excluding carboxylic acids is 1. The Labute approximate surface area is 137 Å². The van der Waals surface area contributed by atoms with E-state index < -0.39 is 0 Å². The highest BCUT2D eigenvalue weighted by Gasteiger charge is 2.33. The summed E-state index contributed by atoms with van der Waals surface area (Å²) in [6, 6.07) is 9.85. The van der Waals surface area contributed by atoms with Crippen LogP contribution in [0.3, 0.4) is 0 Å². The zero-order valence-electron chi connectivity index (χ0n) is 13.9. The molecule has 0 saturated carbocycles. The minimum atomic E-state index is -0.0363. The van der Waals surface area contributed by atoms with Crippen LogP contribution in [-0.2, 0) is 4.74 Å². The summed E-state index contributed by atoms with van der Waals surface area (Å²) in [6.07, 6.45) is 1.97. The van der Waals surface area contributed by atoms with Crippen molar-refractivity contribution in [3.8, 4) is 0 Å². The molecule has 0 bridgehead atoms. The lowest BCUT2D eigenvalue weighted by atomic mass is 9.79. The van der Waals surface area contributed by atoms with Gasteiger partial charge in [0.25, 0.3) is 5.91 Å². The van der Waals surface area contributed by atoms with Crippen LogP contribution in [-0.4, -0.2) is 56.2 Å². The molecule has 5 heteroatoms. The van der Waals surface area contributed by atoms with Crippen LogP contribution in [0.25, 0.3) is 10.9 Å². The maximum absolute atomic E-state index is 12.5. The molecule has 0 radical (unpaired) electrons. The molecule has 1 aliphatic rings. The van der Waals surface area contributed by atoms with Crippen molar-refractivity contribution in [2.24, 2.45) is 5.41 Å². The number of H-pyrrole nitrogens is 1. The van der Waals surface area contributed by atoms with Gasteiger partial charge in [-0.3, -0.25) is 4.79 Å². The van der Waals surface area contributed by atoms with E-state index in [1.807, 2.05) is 30.3 Å². The first-order valence-electron chi connectivity index (χ1n) is 8.16. The van der Waals surface area contributed by atoms with Crippen molar-refractivity contribution in [2.75, 3.05) is 40.4 Å². The van der Waals surface area contributed by atoms with Gasteiger partial charge in [0, 0.05) is 42.6 Å². The summed E-state index contributed by atoms with van der Waals surface area (Å²) in [6.45, 7) is 3.19. The minimum Gasteiger partial charge on any atom is -0.381 e. The second-order valence-corrected chi connectivity index (χ2v) is 6.80. The molecule has 1 fully saturated rings. The normalized spacial score (nSPS) is 17.5. The third-order valence-corrected chi connectivity index (χ3v) is 4.60. The number of fused-ring (bicyclic) bond motifs is 1. The summed E-state index contributed by atoms with van der Waals surface area (Å²) < 4.78 is 5.50. The topological polar surface area (TPSA) is 57.4 Å². The Morgan fingerprint density at radius 3 is 2.74 bits per heavy atom. The van der Waals surface area contributed by atoms with Crippen molar-refractivity contribution in [3.05, 3.63) is 36.0 Å². The van der Waals surface area contributed by atoms with E-state index in [4.69, 9.17) is 4.74 Å². The molecule has 2 heterocycles. The first-order chi connectivity index (χ1) is 11.1. The van der Waals surface area contributed by atoms with Gasteiger partial charge in [-0.15, -0.1) is 0 Å². The number of rotatable bonds is 5. The van der Waals surface area contributed by atoms with Crippen LogP contribution >= 0.6 is 0 Å². The quantitative estimate of drug-likeness (QED) is 0.890. The van der Waals surface area contributed by atoms with Gasteiger partial charge in [0.05, 0.1) is 0 Å². The highest BCUT2D eigenvalue weighted by Crippen LogP contribution is 2.30. The Bertz CT molecular complexity index is 639. The Morgan fingerprint density at radius 2 is 2.04 bits per heavy atom. The third kappa shape index (κ3) is 3.74. The predicted molar refractivity (Wildman–Crippen MR) is 91.7 cm³/mol. The van der Waals surface area contributed by atoms with Crippen LogP contribution in [0.4, 0.5) is 0 Å². The number of hydrogen-bond acceptors (Lipinski definition) is 3. The number of amides is 1. The van der Waals surface area contributed by atoms with Crippen molar-refractivity contribution in [3.63, 3.8) is 0 Å². The summed E-state index contributed by atoms with van der Waals surface area (Å²) in [4.78, 5) is 17.9. The lowest BCUT2D eigenvalue weighted by Gasteiger charge is -2.39. The summed E-state index contributed by atoms with van der Waals surface area (Å²) >= 11 is 0. The van der Waals surface area contributed by atoms with Crippen LogP contribution < -0.4 is 5.32 Å². The largest absolute Gasteiger partial charge is 0.381 e. The van der Waals surface area contributed by atoms with E-state index in [1.165, 1.54) is 0 Å². The fourth-order valence-corrected chi connectivity index (χ4v) is 3.42. The number of benzene rings is 1. The SMILES string of the molecule is CN(C)CC1(CNC(=O)c2cc3ccccc3[nH]2)CCOCC1. The highest BCUT2D eigenvalue weighted by molar-refractivity contribution is 5.97. The Hall–Kier alpha value is -1.85. The molecule has 124 valence electrons. The van der Waals surface area contributed by atoms with Gasteiger partial charge in [-0.25, -0.2) is 0 Å². The Morgan fingerprint density at radius 1 is 1.30 bits per heavy atom. The van der Waals surface area contributed by atoms with E-state index in [-0.39, 0.29) is 11.3 Å². The van der Waals surface area contributed by atoms with E-state index in [0.717, 1.165) is 43.5 Å². The Balaban J connectivity index is 1.68. The fraction of sp³-hybridized carbons (Fsp3) is 0.500. The van der Waals surface area contributed by atoms with Crippen molar-refractivity contribution >= 4 is 16.8 Å². The van der Waals surface area contributed by atoms with E-state index in [1.54, 1.807) is 0 Å². The summed E-state index contributed by atoms with van der Waals surface area (Å²) in [7, 11) is 4.16. The lowest BCUT2D eigenvalue weighted by Crippen LogP contribution is -2.47. The average Bonchev–Trinajstić information content (AvgIpc) is 2.97. The summed E-state index contributed by atoms with van der Waals surface area (Å²) in [5.74, 6) is -0.0363. The molecule has 1 aliphatic heterocycles. The van der Waals surface area contributed by atoms with Crippen molar-refractivity contribution < 1.29 is 9.53 Å². The lowest BCUT2D eigenvalue weighted by molar-refractivity contribution is 0.00283. The zero-order chi connectivity index (χ0) is 16.3. The molecule has 0 atom stereocenters. The highest BCUT2D eigenvalue weighted by atomic mass is 16.5. The summed E-state index contributed by atoms with van der Waals surface area (Å²) in [5.41, 5.74) is 1.72. The molecular weight excluding hydrogens is 290 g/mol. The molecule has 1 amide bonds. The molecule has 0 unspecified atom stereocenters. The van der Waals surface area contributed by atoms with Crippen LogP contribution in [0.1, 0.15) is 23.3 Å². The van der Waals surface area contributed by atoms with E-state index in [9.17, 15) is 4.79 Å².